The Morgan fingerprint density at radius 3 is 2.81 bits per heavy atom. The molecule has 0 saturated heterocycles. The van der Waals surface area contributed by atoms with Crippen molar-refractivity contribution in [1.29, 1.82) is 0 Å². The zero-order valence-corrected chi connectivity index (χ0v) is 15.2. The van der Waals surface area contributed by atoms with Crippen LogP contribution in [0, 0.1) is 6.92 Å². The lowest BCUT2D eigenvalue weighted by Crippen LogP contribution is -2.28. The highest BCUT2D eigenvalue weighted by molar-refractivity contribution is 5.93. The van der Waals surface area contributed by atoms with E-state index in [9.17, 15) is 4.79 Å². The second-order valence-corrected chi connectivity index (χ2v) is 6.58. The minimum absolute atomic E-state index is 0.205. The first-order valence-electron chi connectivity index (χ1n) is 9.09. The average Bonchev–Trinajstić information content (AvgIpc) is 2.72. The topological polar surface area (TPSA) is 71.0 Å². The van der Waals surface area contributed by atoms with Gasteiger partial charge in [0, 0.05) is 37.2 Å². The Balaban J connectivity index is 1.58. The molecule has 27 heavy (non-hydrogen) atoms. The SMILES string of the molecule is Cc1nc(C(=O)NCc2ccncc2)cc(N2CCCc3ccccc32)n1. The van der Waals surface area contributed by atoms with Crippen LogP contribution in [0.25, 0.3) is 0 Å². The number of nitrogens with one attached hydrogen (secondary N) is 1. The monoisotopic (exact) mass is 359 g/mol. The molecule has 6 nitrogen and oxygen atoms in total. The van der Waals surface area contributed by atoms with Crippen molar-refractivity contribution in [2.24, 2.45) is 0 Å². The molecule has 0 aliphatic carbocycles. The molecule has 2 aromatic heterocycles. The molecule has 3 heterocycles. The van der Waals surface area contributed by atoms with Crippen molar-refractivity contribution in [2.45, 2.75) is 26.3 Å². The molecule has 1 aliphatic rings. The van der Waals surface area contributed by atoms with E-state index in [0.29, 0.717) is 18.1 Å². The smallest absolute Gasteiger partial charge is 0.270 e. The molecule has 0 saturated carbocycles. The molecule has 0 radical (unpaired) electrons. The Morgan fingerprint density at radius 2 is 1.96 bits per heavy atom. The lowest BCUT2D eigenvalue weighted by Gasteiger charge is -2.30. The molecule has 0 fully saturated rings. The lowest BCUT2D eigenvalue weighted by atomic mass is 10.0. The van der Waals surface area contributed by atoms with Crippen molar-refractivity contribution in [3.05, 3.63) is 77.5 Å². The highest BCUT2D eigenvalue weighted by Crippen LogP contribution is 2.32. The van der Waals surface area contributed by atoms with Gasteiger partial charge in [0.05, 0.1) is 0 Å². The molecular formula is C21H21N5O. The van der Waals surface area contributed by atoms with Gasteiger partial charge in [0.1, 0.15) is 17.3 Å². The summed E-state index contributed by atoms with van der Waals surface area (Å²) in [6.45, 7) is 3.14. The van der Waals surface area contributed by atoms with Gasteiger partial charge in [-0.05, 0) is 49.1 Å². The standard InChI is InChI=1S/C21H21N5O/c1-15-24-18(21(27)23-14-16-8-10-22-11-9-16)13-20(25-15)26-12-4-6-17-5-2-3-7-19(17)26/h2-3,5,7-11,13H,4,6,12,14H2,1H3,(H,23,27). The minimum Gasteiger partial charge on any atom is -0.347 e. The van der Waals surface area contributed by atoms with Crippen LogP contribution in [0.5, 0.6) is 0 Å². The number of pyridine rings is 1. The van der Waals surface area contributed by atoms with E-state index in [-0.39, 0.29) is 5.91 Å². The van der Waals surface area contributed by atoms with Gasteiger partial charge in [-0.3, -0.25) is 9.78 Å². The predicted octanol–water partition coefficient (Wildman–Crippen LogP) is 3.19. The van der Waals surface area contributed by atoms with Crippen molar-refractivity contribution >= 4 is 17.4 Å². The molecule has 4 rings (SSSR count). The number of hydrogen-bond donors (Lipinski definition) is 1. The minimum atomic E-state index is -0.205. The van der Waals surface area contributed by atoms with Gasteiger partial charge in [0.2, 0.25) is 0 Å². The molecule has 1 aliphatic heterocycles. The van der Waals surface area contributed by atoms with E-state index in [1.165, 1.54) is 5.56 Å². The first kappa shape index (κ1) is 17.1. The first-order valence-corrected chi connectivity index (χ1v) is 9.09. The molecule has 6 heteroatoms. The summed E-state index contributed by atoms with van der Waals surface area (Å²) in [5.41, 5.74) is 3.85. The number of aryl methyl sites for hydroxylation is 2. The van der Waals surface area contributed by atoms with E-state index in [2.05, 4.69) is 43.4 Å². The average molecular weight is 359 g/mol. The van der Waals surface area contributed by atoms with Gasteiger partial charge in [-0.1, -0.05) is 18.2 Å². The largest absolute Gasteiger partial charge is 0.347 e. The van der Waals surface area contributed by atoms with Crippen molar-refractivity contribution in [2.75, 3.05) is 11.4 Å². The normalized spacial score (nSPS) is 13.1. The van der Waals surface area contributed by atoms with Crippen LogP contribution in [0.3, 0.4) is 0 Å². The van der Waals surface area contributed by atoms with Gasteiger partial charge in [0.25, 0.3) is 5.91 Å². The van der Waals surface area contributed by atoms with Crippen LogP contribution in [0.1, 0.15) is 33.9 Å². The van der Waals surface area contributed by atoms with Crippen LogP contribution < -0.4 is 10.2 Å². The molecule has 1 aromatic carbocycles. The maximum atomic E-state index is 12.6. The summed E-state index contributed by atoms with van der Waals surface area (Å²) in [7, 11) is 0. The van der Waals surface area contributed by atoms with E-state index in [1.807, 2.05) is 25.1 Å². The number of carbonyl (C=O) groups excluding carboxylic acids is 1. The van der Waals surface area contributed by atoms with Crippen LogP contribution in [0.15, 0.2) is 54.9 Å². The number of nitrogens with zero attached hydrogens (tertiary/aromatic N) is 4. The molecule has 136 valence electrons. The van der Waals surface area contributed by atoms with Gasteiger partial charge in [-0.15, -0.1) is 0 Å². The molecular weight excluding hydrogens is 338 g/mol. The number of amides is 1. The van der Waals surface area contributed by atoms with Crippen molar-refractivity contribution in [1.82, 2.24) is 20.3 Å². The summed E-state index contributed by atoms with van der Waals surface area (Å²) in [6, 6.07) is 13.9. The fourth-order valence-electron chi connectivity index (χ4n) is 3.35. The summed E-state index contributed by atoms with van der Waals surface area (Å²) < 4.78 is 0. The second-order valence-electron chi connectivity index (χ2n) is 6.58. The summed E-state index contributed by atoms with van der Waals surface area (Å²) >= 11 is 0. The Bertz CT molecular complexity index is 958. The predicted molar refractivity (Wildman–Crippen MR) is 104 cm³/mol. The fourth-order valence-corrected chi connectivity index (χ4v) is 3.35. The van der Waals surface area contributed by atoms with Gasteiger partial charge in [-0.2, -0.15) is 0 Å². The quantitative estimate of drug-likeness (QED) is 0.775. The Morgan fingerprint density at radius 1 is 1.15 bits per heavy atom. The van der Waals surface area contributed by atoms with Crippen LogP contribution in [-0.4, -0.2) is 27.4 Å². The number of aromatic nitrogens is 3. The number of para-hydroxylation sites is 1. The molecule has 3 aromatic rings. The maximum Gasteiger partial charge on any atom is 0.270 e. The van der Waals surface area contributed by atoms with Crippen LogP contribution in [-0.2, 0) is 13.0 Å². The van der Waals surface area contributed by atoms with Crippen molar-refractivity contribution in [3.8, 4) is 0 Å². The Kier molecular flexibility index (Phi) is 4.78. The van der Waals surface area contributed by atoms with Crippen LogP contribution >= 0.6 is 0 Å². The van der Waals surface area contributed by atoms with E-state index in [0.717, 1.165) is 36.5 Å². The lowest BCUT2D eigenvalue weighted by molar-refractivity contribution is 0.0945. The second kappa shape index (κ2) is 7.53. The molecule has 0 atom stereocenters. The van der Waals surface area contributed by atoms with E-state index in [1.54, 1.807) is 18.5 Å². The number of fused-ring (bicyclic) bond motifs is 1. The number of carbonyl (C=O) groups is 1. The summed E-state index contributed by atoms with van der Waals surface area (Å²) in [6.07, 6.45) is 5.55. The first-order chi connectivity index (χ1) is 13.2. The highest BCUT2D eigenvalue weighted by Gasteiger charge is 2.21. The zero-order valence-electron chi connectivity index (χ0n) is 15.2. The van der Waals surface area contributed by atoms with Crippen LogP contribution in [0.4, 0.5) is 11.5 Å². The van der Waals surface area contributed by atoms with Gasteiger partial charge < -0.3 is 10.2 Å². The van der Waals surface area contributed by atoms with Gasteiger partial charge >= 0.3 is 0 Å². The third-order valence-electron chi connectivity index (χ3n) is 4.65. The Hall–Kier alpha value is -3.28. The van der Waals surface area contributed by atoms with Crippen molar-refractivity contribution in [3.63, 3.8) is 0 Å². The number of rotatable bonds is 4. The summed E-state index contributed by atoms with van der Waals surface area (Å²) in [5.74, 6) is 1.15. The number of hydrogen-bond acceptors (Lipinski definition) is 5. The molecule has 0 unspecified atom stereocenters. The third-order valence-corrected chi connectivity index (χ3v) is 4.65. The molecule has 0 bridgehead atoms. The highest BCUT2D eigenvalue weighted by atomic mass is 16.1. The van der Waals surface area contributed by atoms with Gasteiger partial charge in [0.15, 0.2) is 0 Å². The van der Waals surface area contributed by atoms with Crippen LogP contribution in [0.2, 0.25) is 0 Å². The molecule has 1 amide bonds. The third kappa shape index (κ3) is 3.79. The molecule has 1 N–H and O–H groups in total. The van der Waals surface area contributed by atoms with E-state index in [4.69, 9.17) is 0 Å². The van der Waals surface area contributed by atoms with E-state index < -0.39 is 0 Å². The fraction of sp³-hybridized carbons (Fsp3) is 0.238. The Labute approximate surface area is 158 Å². The molecule has 0 spiro atoms. The number of benzene rings is 1. The summed E-state index contributed by atoms with van der Waals surface area (Å²) in [5, 5.41) is 2.92. The van der Waals surface area contributed by atoms with Crippen molar-refractivity contribution < 1.29 is 4.79 Å². The maximum absolute atomic E-state index is 12.6. The zero-order chi connectivity index (χ0) is 18.6. The van der Waals surface area contributed by atoms with E-state index >= 15 is 0 Å². The number of anilines is 2. The summed E-state index contributed by atoms with van der Waals surface area (Å²) in [4.78, 5) is 27.7. The van der Waals surface area contributed by atoms with Gasteiger partial charge in [-0.25, -0.2) is 9.97 Å².